The molecule has 2 unspecified atom stereocenters. The Morgan fingerprint density at radius 1 is 1.61 bits per heavy atom. The van der Waals surface area contributed by atoms with Gasteiger partial charge in [-0.05, 0) is 32.0 Å². The van der Waals surface area contributed by atoms with E-state index in [9.17, 15) is 4.79 Å². The Hall–Kier alpha value is -1.13. The molecule has 0 spiro atoms. The number of halogens is 1. The van der Waals surface area contributed by atoms with Crippen LogP contribution < -0.4 is 5.32 Å². The summed E-state index contributed by atoms with van der Waals surface area (Å²) in [5.74, 6) is 0.317. The van der Waals surface area contributed by atoms with E-state index in [0.717, 1.165) is 19.5 Å². The Labute approximate surface area is 112 Å². The van der Waals surface area contributed by atoms with Crippen LogP contribution in [0.25, 0.3) is 0 Å². The second-order valence-corrected chi connectivity index (χ2v) is 5.37. The maximum Gasteiger partial charge on any atom is 0.254 e. The highest BCUT2D eigenvalue weighted by Gasteiger charge is 2.26. The van der Waals surface area contributed by atoms with Crippen LogP contribution in [0.15, 0.2) is 18.5 Å². The summed E-state index contributed by atoms with van der Waals surface area (Å²) >= 11 is 5.99. The molecular weight excluding hydrogens is 250 g/mol. The lowest BCUT2D eigenvalue weighted by molar-refractivity contribution is 0.0883. The Kier molecular flexibility index (Phi) is 4.19. The van der Waals surface area contributed by atoms with E-state index >= 15 is 0 Å². The average Bonchev–Trinajstić information content (AvgIpc) is 2.33. The number of likely N-dealkylation sites (tertiary alicyclic amines) is 1. The molecule has 98 valence electrons. The number of carbonyl (C=O) groups is 1. The summed E-state index contributed by atoms with van der Waals surface area (Å²) in [6.45, 7) is 4.17. The number of aromatic nitrogens is 1. The Morgan fingerprint density at radius 3 is 3.06 bits per heavy atom. The second kappa shape index (κ2) is 5.67. The molecule has 1 aliphatic rings. The topological polar surface area (TPSA) is 45.2 Å². The van der Waals surface area contributed by atoms with Crippen LogP contribution in [-0.4, -0.2) is 42.0 Å². The zero-order valence-corrected chi connectivity index (χ0v) is 11.4. The summed E-state index contributed by atoms with van der Waals surface area (Å²) in [4.78, 5) is 18.3. The highest BCUT2D eigenvalue weighted by Crippen LogP contribution is 2.18. The maximum atomic E-state index is 12.1. The highest BCUT2D eigenvalue weighted by atomic mass is 35.5. The second-order valence-electron chi connectivity index (χ2n) is 4.96. The smallest absolute Gasteiger partial charge is 0.254 e. The molecule has 1 N–H and O–H groups in total. The van der Waals surface area contributed by atoms with Gasteiger partial charge in [0, 0.05) is 25.0 Å². The van der Waals surface area contributed by atoms with E-state index in [2.05, 4.69) is 29.2 Å². The third-order valence-electron chi connectivity index (χ3n) is 3.44. The molecule has 2 rings (SSSR count). The van der Waals surface area contributed by atoms with Gasteiger partial charge in [0.15, 0.2) is 0 Å². The normalized spacial score (nSPS) is 24.8. The van der Waals surface area contributed by atoms with E-state index in [1.165, 1.54) is 6.20 Å². The van der Waals surface area contributed by atoms with E-state index in [0.29, 0.717) is 16.5 Å². The van der Waals surface area contributed by atoms with Crippen LogP contribution in [0.1, 0.15) is 23.7 Å². The molecule has 1 fully saturated rings. The standard InChI is InChI=1S/C13H18ClN3O/c1-9-8-17(2)6-4-12(9)16-13(18)10-7-15-5-3-11(10)14/h3,5,7,9,12H,4,6,8H2,1-2H3,(H,16,18). The first kappa shape index (κ1) is 13.3. The van der Waals surface area contributed by atoms with Crippen molar-refractivity contribution in [3.63, 3.8) is 0 Å². The van der Waals surface area contributed by atoms with Crippen LogP contribution in [0.2, 0.25) is 5.02 Å². The fraction of sp³-hybridized carbons (Fsp3) is 0.538. The van der Waals surface area contributed by atoms with Gasteiger partial charge >= 0.3 is 0 Å². The zero-order chi connectivity index (χ0) is 13.1. The molecule has 4 nitrogen and oxygen atoms in total. The molecule has 1 aromatic heterocycles. The van der Waals surface area contributed by atoms with Gasteiger partial charge in [-0.25, -0.2) is 0 Å². The van der Waals surface area contributed by atoms with Crippen molar-refractivity contribution >= 4 is 17.5 Å². The lowest BCUT2D eigenvalue weighted by Crippen LogP contribution is -2.48. The van der Waals surface area contributed by atoms with Crippen molar-refractivity contribution in [2.75, 3.05) is 20.1 Å². The van der Waals surface area contributed by atoms with Gasteiger partial charge in [-0.3, -0.25) is 9.78 Å². The molecule has 18 heavy (non-hydrogen) atoms. The lowest BCUT2D eigenvalue weighted by Gasteiger charge is -2.35. The highest BCUT2D eigenvalue weighted by molar-refractivity contribution is 6.33. The summed E-state index contributed by atoms with van der Waals surface area (Å²) in [6, 6.07) is 1.85. The number of piperidine rings is 1. The van der Waals surface area contributed by atoms with Crippen molar-refractivity contribution in [2.24, 2.45) is 5.92 Å². The zero-order valence-electron chi connectivity index (χ0n) is 10.7. The third kappa shape index (κ3) is 3.00. The van der Waals surface area contributed by atoms with Gasteiger partial charge in [-0.2, -0.15) is 0 Å². The fourth-order valence-electron chi connectivity index (χ4n) is 2.36. The number of carbonyl (C=O) groups excluding carboxylic acids is 1. The van der Waals surface area contributed by atoms with Gasteiger partial charge in [0.25, 0.3) is 5.91 Å². The first-order valence-electron chi connectivity index (χ1n) is 6.17. The maximum absolute atomic E-state index is 12.1. The van der Waals surface area contributed by atoms with Crippen LogP contribution >= 0.6 is 11.6 Å². The van der Waals surface area contributed by atoms with E-state index in [1.54, 1.807) is 12.3 Å². The molecule has 2 atom stereocenters. The summed E-state index contributed by atoms with van der Waals surface area (Å²) in [6.07, 6.45) is 4.07. The van der Waals surface area contributed by atoms with Crippen LogP contribution in [0.3, 0.4) is 0 Å². The van der Waals surface area contributed by atoms with Crippen LogP contribution in [0, 0.1) is 5.92 Å². The molecule has 1 amide bonds. The Balaban J connectivity index is 2.02. The third-order valence-corrected chi connectivity index (χ3v) is 3.77. The summed E-state index contributed by atoms with van der Waals surface area (Å²) in [5.41, 5.74) is 0.449. The fourth-order valence-corrected chi connectivity index (χ4v) is 2.55. The molecule has 0 aromatic carbocycles. The number of pyridine rings is 1. The van der Waals surface area contributed by atoms with Crippen LogP contribution in [-0.2, 0) is 0 Å². The summed E-state index contributed by atoms with van der Waals surface area (Å²) in [5, 5.41) is 3.50. The SMILES string of the molecule is CC1CN(C)CCC1NC(=O)c1cnccc1Cl. The molecule has 0 saturated carbocycles. The summed E-state index contributed by atoms with van der Waals surface area (Å²) < 4.78 is 0. The minimum atomic E-state index is -0.130. The quantitative estimate of drug-likeness (QED) is 0.889. The van der Waals surface area contributed by atoms with Gasteiger partial charge in [-0.15, -0.1) is 0 Å². The van der Waals surface area contributed by atoms with Crippen molar-refractivity contribution < 1.29 is 4.79 Å². The molecule has 1 saturated heterocycles. The Morgan fingerprint density at radius 2 is 2.39 bits per heavy atom. The van der Waals surface area contributed by atoms with Gasteiger partial charge < -0.3 is 10.2 Å². The molecular formula is C13H18ClN3O. The first-order valence-corrected chi connectivity index (χ1v) is 6.54. The predicted octanol–water partition coefficient (Wildman–Crippen LogP) is 1.80. The van der Waals surface area contributed by atoms with Crippen molar-refractivity contribution in [1.82, 2.24) is 15.2 Å². The minimum absolute atomic E-state index is 0.130. The molecule has 0 radical (unpaired) electrons. The van der Waals surface area contributed by atoms with Crippen LogP contribution in [0.4, 0.5) is 0 Å². The molecule has 1 aromatic rings. The average molecular weight is 268 g/mol. The van der Waals surface area contributed by atoms with Crippen molar-refractivity contribution in [1.29, 1.82) is 0 Å². The number of nitrogens with one attached hydrogen (secondary N) is 1. The lowest BCUT2D eigenvalue weighted by atomic mass is 9.94. The first-order chi connectivity index (χ1) is 8.58. The molecule has 0 bridgehead atoms. The number of hydrogen-bond donors (Lipinski definition) is 1. The van der Waals surface area contributed by atoms with Crippen molar-refractivity contribution in [2.45, 2.75) is 19.4 Å². The minimum Gasteiger partial charge on any atom is -0.349 e. The van der Waals surface area contributed by atoms with E-state index in [4.69, 9.17) is 11.6 Å². The molecule has 1 aliphatic heterocycles. The number of amides is 1. The Bertz CT molecular complexity index is 438. The molecule has 0 aliphatic carbocycles. The van der Waals surface area contributed by atoms with E-state index < -0.39 is 0 Å². The molecule has 5 heteroatoms. The van der Waals surface area contributed by atoms with Crippen molar-refractivity contribution in [3.05, 3.63) is 29.0 Å². The number of hydrogen-bond acceptors (Lipinski definition) is 3. The number of nitrogens with zero attached hydrogens (tertiary/aromatic N) is 2. The largest absolute Gasteiger partial charge is 0.349 e. The van der Waals surface area contributed by atoms with E-state index in [-0.39, 0.29) is 11.9 Å². The van der Waals surface area contributed by atoms with Gasteiger partial charge in [0.05, 0.1) is 10.6 Å². The summed E-state index contributed by atoms with van der Waals surface area (Å²) in [7, 11) is 2.10. The van der Waals surface area contributed by atoms with Gasteiger partial charge in [-0.1, -0.05) is 18.5 Å². The predicted molar refractivity (Wildman–Crippen MR) is 71.8 cm³/mol. The number of rotatable bonds is 2. The molecule has 2 heterocycles. The van der Waals surface area contributed by atoms with Crippen molar-refractivity contribution in [3.8, 4) is 0 Å². The van der Waals surface area contributed by atoms with E-state index in [1.807, 2.05) is 0 Å². The van der Waals surface area contributed by atoms with Crippen LogP contribution in [0.5, 0.6) is 0 Å². The van der Waals surface area contributed by atoms with Gasteiger partial charge in [0.2, 0.25) is 0 Å². The van der Waals surface area contributed by atoms with Gasteiger partial charge in [0.1, 0.15) is 0 Å². The monoisotopic (exact) mass is 267 g/mol.